The van der Waals surface area contributed by atoms with Gasteiger partial charge in [-0.3, -0.25) is 0 Å². The molecular formula is C4H8Cl2. The fourth-order valence-corrected chi connectivity index (χ4v) is 0.327. The minimum absolute atomic E-state index is 0.173. The van der Waals surface area contributed by atoms with Crippen molar-refractivity contribution < 1.29 is 0 Å². The largest absolute Gasteiger partial charge is 0.125 e. The van der Waals surface area contributed by atoms with Crippen molar-refractivity contribution in [3.8, 4) is 0 Å². The van der Waals surface area contributed by atoms with Crippen molar-refractivity contribution in [3.05, 3.63) is 0 Å². The predicted molar refractivity (Wildman–Crippen MR) is 30.7 cm³/mol. The summed E-state index contributed by atoms with van der Waals surface area (Å²) < 4.78 is 0. The maximum atomic E-state index is 5.52. The van der Waals surface area contributed by atoms with Crippen LogP contribution in [0.1, 0.15) is 13.3 Å². The topological polar surface area (TPSA) is 0 Å². The molecule has 0 aromatic heterocycles. The lowest BCUT2D eigenvalue weighted by atomic mass is 10.4. The average molecular weight is 127 g/mol. The number of hydrogen-bond donors (Lipinski definition) is 0. The first kappa shape index (κ1) is 6.58. The lowest BCUT2D eigenvalue weighted by Crippen LogP contribution is -1.94. The van der Waals surface area contributed by atoms with Gasteiger partial charge in [0.2, 0.25) is 0 Å². The average Bonchev–Trinajstić information content (AvgIpc) is 1.65. The molecule has 1 atom stereocenters. The third-order valence-electron chi connectivity index (χ3n) is 0.610. The van der Waals surface area contributed by atoms with E-state index in [0.29, 0.717) is 5.88 Å². The maximum Gasteiger partial charge on any atom is 0.0468 e. The lowest BCUT2D eigenvalue weighted by Gasteiger charge is -1.94. The Kier molecular flexibility index (Phi) is 4.12. The van der Waals surface area contributed by atoms with Crippen LogP contribution in [0.4, 0.5) is 0 Å². The maximum absolute atomic E-state index is 5.52. The summed E-state index contributed by atoms with van der Waals surface area (Å²) in [6, 6.07) is 0. The molecule has 0 bridgehead atoms. The van der Waals surface area contributed by atoms with Crippen LogP contribution in [0.3, 0.4) is 0 Å². The highest BCUT2D eigenvalue weighted by Gasteiger charge is 1.93. The van der Waals surface area contributed by atoms with Crippen LogP contribution >= 0.6 is 23.2 Å². The highest BCUT2D eigenvalue weighted by atomic mass is 35.5. The number of hydrogen-bond acceptors (Lipinski definition) is 0. The van der Waals surface area contributed by atoms with E-state index in [2.05, 4.69) is 0 Å². The van der Waals surface area contributed by atoms with Gasteiger partial charge in [-0.15, -0.1) is 23.2 Å². The molecule has 1 unspecified atom stereocenters. The van der Waals surface area contributed by atoms with Crippen molar-refractivity contribution >= 4 is 23.2 Å². The first-order valence-corrected chi connectivity index (χ1v) is 2.98. The van der Waals surface area contributed by atoms with Crippen LogP contribution in [0.25, 0.3) is 0 Å². The van der Waals surface area contributed by atoms with E-state index in [0.717, 1.165) is 6.42 Å². The standard InChI is InChI=1S/C4H8Cl2/c1-2-4(6)3-5/h4H,2-3H2,1H3. The van der Waals surface area contributed by atoms with Gasteiger partial charge >= 0.3 is 0 Å². The smallest absolute Gasteiger partial charge is 0.0468 e. The zero-order chi connectivity index (χ0) is 4.99. The van der Waals surface area contributed by atoms with Gasteiger partial charge < -0.3 is 0 Å². The summed E-state index contributed by atoms with van der Waals surface area (Å²) in [6.07, 6.45) is 0.963. The fraction of sp³-hybridized carbons (Fsp3) is 1.00. The Hall–Kier alpha value is 0.580. The van der Waals surface area contributed by atoms with E-state index in [-0.39, 0.29) is 5.38 Å². The molecule has 0 aromatic carbocycles. The van der Waals surface area contributed by atoms with Crippen molar-refractivity contribution in [2.45, 2.75) is 18.7 Å². The molecule has 0 spiro atoms. The van der Waals surface area contributed by atoms with Crippen LogP contribution in [0.15, 0.2) is 0 Å². The summed E-state index contributed by atoms with van der Waals surface area (Å²) in [7, 11) is 0. The number of alkyl halides is 2. The van der Waals surface area contributed by atoms with Crippen molar-refractivity contribution in [2.75, 3.05) is 5.88 Å². The van der Waals surface area contributed by atoms with Gasteiger partial charge in [-0.1, -0.05) is 6.92 Å². The minimum atomic E-state index is 0.173. The summed E-state index contributed by atoms with van der Waals surface area (Å²) in [6.45, 7) is 2.01. The second-order valence-corrected chi connectivity index (χ2v) is 2.09. The van der Waals surface area contributed by atoms with Gasteiger partial charge in [0.15, 0.2) is 0 Å². The van der Waals surface area contributed by atoms with Crippen LogP contribution in [0, 0.1) is 0 Å². The zero-order valence-electron chi connectivity index (χ0n) is 3.75. The SMILES string of the molecule is CCC(Cl)CCl. The second-order valence-electron chi connectivity index (χ2n) is 1.16. The van der Waals surface area contributed by atoms with Crippen LogP contribution in [-0.2, 0) is 0 Å². The Morgan fingerprint density at radius 3 is 2.17 bits per heavy atom. The van der Waals surface area contributed by atoms with Crippen LogP contribution < -0.4 is 0 Å². The molecule has 0 nitrogen and oxygen atoms in total. The van der Waals surface area contributed by atoms with E-state index in [1.54, 1.807) is 0 Å². The van der Waals surface area contributed by atoms with E-state index < -0.39 is 0 Å². The third kappa shape index (κ3) is 2.80. The Bertz CT molecular complexity index is 24.7. The first-order valence-electron chi connectivity index (χ1n) is 2.01. The quantitative estimate of drug-likeness (QED) is 0.499. The molecule has 0 heterocycles. The molecule has 0 radical (unpaired) electrons. The van der Waals surface area contributed by atoms with E-state index in [1.807, 2.05) is 6.92 Å². The molecule has 0 aliphatic carbocycles. The molecule has 6 heavy (non-hydrogen) atoms. The fourth-order valence-electron chi connectivity index (χ4n) is 0.109. The molecule has 0 aromatic rings. The van der Waals surface area contributed by atoms with Gasteiger partial charge in [-0.05, 0) is 6.42 Å². The number of halogens is 2. The van der Waals surface area contributed by atoms with Crippen LogP contribution in [0.2, 0.25) is 0 Å². The van der Waals surface area contributed by atoms with E-state index in [1.165, 1.54) is 0 Å². The van der Waals surface area contributed by atoms with E-state index >= 15 is 0 Å². The predicted octanol–water partition coefficient (Wildman–Crippen LogP) is 2.24. The monoisotopic (exact) mass is 126 g/mol. The molecule has 0 rings (SSSR count). The lowest BCUT2D eigenvalue weighted by molar-refractivity contribution is 0.902. The summed E-state index contributed by atoms with van der Waals surface area (Å²) in [5.74, 6) is 0.568. The van der Waals surface area contributed by atoms with Gasteiger partial charge in [0.1, 0.15) is 0 Å². The van der Waals surface area contributed by atoms with Gasteiger partial charge in [0.05, 0.1) is 0 Å². The molecule has 0 aliphatic rings. The Morgan fingerprint density at radius 2 is 2.17 bits per heavy atom. The van der Waals surface area contributed by atoms with Crippen molar-refractivity contribution in [3.63, 3.8) is 0 Å². The van der Waals surface area contributed by atoms with Gasteiger partial charge in [0.25, 0.3) is 0 Å². The zero-order valence-corrected chi connectivity index (χ0v) is 5.26. The van der Waals surface area contributed by atoms with Crippen LogP contribution in [0.5, 0.6) is 0 Å². The summed E-state index contributed by atoms with van der Waals surface area (Å²) in [5, 5.41) is 0.173. The molecular weight excluding hydrogens is 119 g/mol. The third-order valence-corrected chi connectivity index (χ3v) is 1.60. The molecule has 0 N–H and O–H groups in total. The molecule has 0 saturated carbocycles. The van der Waals surface area contributed by atoms with Gasteiger partial charge in [-0.25, -0.2) is 0 Å². The van der Waals surface area contributed by atoms with Crippen molar-refractivity contribution in [1.82, 2.24) is 0 Å². The van der Waals surface area contributed by atoms with Gasteiger partial charge in [0, 0.05) is 11.3 Å². The number of rotatable bonds is 2. The summed E-state index contributed by atoms with van der Waals surface area (Å²) >= 11 is 10.8. The normalized spacial score (nSPS) is 14.5. The molecule has 0 saturated heterocycles. The molecule has 2 heteroatoms. The Balaban J connectivity index is 2.75. The molecule has 38 valence electrons. The van der Waals surface area contributed by atoms with Gasteiger partial charge in [-0.2, -0.15) is 0 Å². The molecule has 0 amide bonds. The van der Waals surface area contributed by atoms with E-state index in [9.17, 15) is 0 Å². The molecule has 0 aliphatic heterocycles. The Morgan fingerprint density at radius 1 is 1.67 bits per heavy atom. The van der Waals surface area contributed by atoms with Crippen molar-refractivity contribution in [1.29, 1.82) is 0 Å². The minimum Gasteiger partial charge on any atom is -0.125 e. The highest BCUT2D eigenvalue weighted by molar-refractivity contribution is 6.28. The highest BCUT2D eigenvalue weighted by Crippen LogP contribution is 2.01. The summed E-state index contributed by atoms with van der Waals surface area (Å²) in [4.78, 5) is 0. The second kappa shape index (κ2) is 3.76. The van der Waals surface area contributed by atoms with E-state index in [4.69, 9.17) is 23.2 Å². The van der Waals surface area contributed by atoms with Crippen molar-refractivity contribution in [2.24, 2.45) is 0 Å². The van der Waals surface area contributed by atoms with Crippen LogP contribution in [-0.4, -0.2) is 11.3 Å². The summed E-state index contributed by atoms with van der Waals surface area (Å²) in [5.41, 5.74) is 0. The first-order chi connectivity index (χ1) is 2.81. The Labute approximate surface area is 48.4 Å². The molecule has 0 fully saturated rings.